The summed E-state index contributed by atoms with van der Waals surface area (Å²) < 4.78 is 0. The van der Waals surface area contributed by atoms with E-state index in [-0.39, 0.29) is 0 Å². The highest BCUT2D eigenvalue weighted by Crippen LogP contribution is 2.10. The first-order valence-corrected chi connectivity index (χ1v) is 7.82. The Morgan fingerprint density at radius 1 is 1.16 bits per heavy atom. The standard InChI is InChI=1S/C17H28N2/c1-3-4-5-16-6-8-17(9-7-16)10-12-19-13-11-18-14-15(19)2/h6-9,15,18H,3-5,10-14H2,1-2H3. The molecule has 1 fully saturated rings. The topological polar surface area (TPSA) is 15.3 Å². The van der Waals surface area contributed by atoms with Gasteiger partial charge in [-0.3, -0.25) is 4.90 Å². The van der Waals surface area contributed by atoms with Crippen molar-refractivity contribution in [2.24, 2.45) is 0 Å². The zero-order valence-corrected chi connectivity index (χ0v) is 12.5. The van der Waals surface area contributed by atoms with Gasteiger partial charge < -0.3 is 5.32 Å². The molecule has 1 saturated heterocycles. The molecule has 2 rings (SSSR count). The van der Waals surface area contributed by atoms with Crippen molar-refractivity contribution < 1.29 is 0 Å². The number of nitrogens with one attached hydrogen (secondary N) is 1. The van der Waals surface area contributed by atoms with Crippen LogP contribution < -0.4 is 5.32 Å². The van der Waals surface area contributed by atoms with Crippen LogP contribution in [0.5, 0.6) is 0 Å². The van der Waals surface area contributed by atoms with E-state index < -0.39 is 0 Å². The normalized spacial score (nSPS) is 20.6. The summed E-state index contributed by atoms with van der Waals surface area (Å²) in [6.07, 6.45) is 4.99. The second-order valence-corrected chi connectivity index (χ2v) is 5.76. The number of hydrogen-bond donors (Lipinski definition) is 1. The van der Waals surface area contributed by atoms with Gasteiger partial charge in [0.1, 0.15) is 0 Å². The number of benzene rings is 1. The molecule has 0 aromatic heterocycles. The molecule has 1 heterocycles. The molecule has 1 aliphatic rings. The number of hydrogen-bond acceptors (Lipinski definition) is 2. The van der Waals surface area contributed by atoms with Crippen molar-refractivity contribution in [3.63, 3.8) is 0 Å². The molecule has 106 valence electrons. The monoisotopic (exact) mass is 260 g/mol. The summed E-state index contributed by atoms with van der Waals surface area (Å²) in [6.45, 7) is 9.23. The van der Waals surface area contributed by atoms with Crippen molar-refractivity contribution in [1.82, 2.24) is 10.2 Å². The fourth-order valence-electron chi connectivity index (χ4n) is 2.74. The van der Waals surface area contributed by atoms with Crippen molar-refractivity contribution in [2.75, 3.05) is 26.2 Å². The molecule has 1 atom stereocenters. The van der Waals surface area contributed by atoms with Gasteiger partial charge in [-0.2, -0.15) is 0 Å². The second kappa shape index (κ2) is 7.66. The molecule has 0 spiro atoms. The quantitative estimate of drug-likeness (QED) is 0.846. The van der Waals surface area contributed by atoms with E-state index in [0.29, 0.717) is 6.04 Å². The van der Waals surface area contributed by atoms with Gasteiger partial charge in [0.2, 0.25) is 0 Å². The lowest BCUT2D eigenvalue weighted by molar-refractivity contribution is 0.176. The Labute approximate surface area is 118 Å². The van der Waals surface area contributed by atoms with Gasteiger partial charge in [-0.1, -0.05) is 37.6 Å². The lowest BCUT2D eigenvalue weighted by Crippen LogP contribution is -2.50. The molecule has 1 aromatic rings. The minimum Gasteiger partial charge on any atom is -0.314 e. The fraction of sp³-hybridized carbons (Fsp3) is 0.647. The van der Waals surface area contributed by atoms with Gasteiger partial charge in [0.15, 0.2) is 0 Å². The molecule has 19 heavy (non-hydrogen) atoms. The summed E-state index contributed by atoms with van der Waals surface area (Å²) in [5.74, 6) is 0. The van der Waals surface area contributed by atoms with Gasteiger partial charge in [0.25, 0.3) is 0 Å². The molecule has 2 nitrogen and oxygen atoms in total. The average Bonchev–Trinajstić information content (AvgIpc) is 2.45. The Bertz CT molecular complexity index is 358. The first-order valence-electron chi connectivity index (χ1n) is 7.82. The van der Waals surface area contributed by atoms with Crippen LogP contribution in [0.3, 0.4) is 0 Å². The molecular formula is C17H28N2. The van der Waals surface area contributed by atoms with Crippen LogP contribution >= 0.6 is 0 Å². The molecule has 1 N–H and O–H groups in total. The SMILES string of the molecule is CCCCc1ccc(CCN2CCNCC2C)cc1. The highest BCUT2D eigenvalue weighted by atomic mass is 15.2. The van der Waals surface area contributed by atoms with Gasteiger partial charge in [-0.15, -0.1) is 0 Å². The summed E-state index contributed by atoms with van der Waals surface area (Å²) in [5.41, 5.74) is 2.96. The Balaban J connectivity index is 1.79. The maximum atomic E-state index is 3.45. The van der Waals surface area contributed by atoms with E-state index in [9.17, 15) is 0 Å². The van der Waals surface area contributed by atoms with Crippen LogP contribution in [0.15, 0.2) is 24.3 Å². The smallest absolute Gasteiger partial charge is 0.0193 e. The van der Waals surface area contributed by atoms with Crippen LogP contribution in [0, 0.1) is 0 Å². The Morgan fingerprint density at radius 2 is 1.84 bits per heavy atom. The average molecular weight is 260 g/mol. The molecule has 0 amide bonds. The van der Waals surface area contributed by atoms with Crippen molar-refractivity contribution >= 4 is 0 Å². The third kappa shape index (κ3) is 4.63. The first kappa shape index (κ1) is 14.5. The largest absolute Gasteiger partial charge is 0.314 e. The van der Waals surface area contributed by atoms with Crippen LogP contribution in [0.1, 0.15) is 37.8 Å². The van der Waals surface area contributed by atoms with Crippen LogP contribution in [0.2, 0.25) is 0 Å². The predicted molar refractivity (Wildman–Crippen MR) is 82.7 cm³/mol. The molecule has 1 aliphatic heterocycles. The number of piperazine rings is 1. The minimum atomic E-state index is 0.678. The molecule has 1 aromatic carbocycles. The summed E-state index contributed by atoms with van der Waals surface area (Å²) >= 11 is 0. The first-order chi connectivity index (χ1) is 9.29. The zero-order valence-electron chi connectivity index (χ0n) is 12.5. The van der Waals surface area contributed by atoms with E-state index in [0.717, 1.165) is 13.1 Å². The minimum absolute atomic E-state index is 0.678. The second-order valence-electron chi connectivity index (χ2n) is 5.76. The van der Waals surface area contributed by atoms with E-state index in [1.54, 1.807) is 0 Å². The highest BCUT2D eigenvalue weighted by molar-refractivity contribution is 5.22. The number of unbranched alkanes of at least 4 members (excludes halogenated alkanes) is 1. The summed E-state index contributed by atoms with van der Waals surface area (Å²) in [7, 11) is 0. The maximum absolute atomic E-state index is 3.45. The van der Waals surface area contributed by atoms with E-state index in [1.165, 1.54) is 49.9 Å². The Hall–Kier alpha value is -0.860. The summed E-state index contributed by atoms with van der Waals surface area (Å²) in [4.78, 5) is 2.60. The van der Waals surface area contributed by atoms with Gasteiger partial charge >= 0.3 is 0 Å². The van der Waals surface area contributed by atoms with Gasteiger partial charge in [-0.25, -0.2) is 0 Å². The van der Waals surface area contributed by atoms with Gasteiger partial charge in [0.05, 0.1) is 0 Å². The number of rotatable bonds is 6. The number of nitrogens with zero attached hydrogens (tertiary/aromatic N) is 1. The molecule has 2 heteroatoms. The molecular weight excluding hydrogens is 232 g/mol. The number of aryl methyl sites for hydroxylation is 1. The third-order valence-electron chi connectivity index (χ3n) is 4.17. The van der Waals surface area contributed by atoms with Gasteiger partial charge in [-0.05, 0) is 37.3 Å². The van der Waals surface area contributed by atoms with Crippen LogP contribution in [-0.4, -0.2) is 37.1 Å². The van der Waals surface area contributed by atoms with Crippen molar-refractivity contribution in [1.29, 1.82) is 0 Å². The van der Waals surface area contributed by atoms with Gasteiger partial charge in [0, 0.05) is 32.2 Å². The fourth-order valence-corrected chi connectivity index (χ4v) is 2.74. The van der Waals surface area contributed by atoms with Crippen LogP contribution in [0.25, 0.3) is 0 Å². The maximum Gasteiger partial charge on any atom is 0.0193 e. The van der Waals surface area contributed by atoms with Crippen LogP contribution in [0.4, 0.5) is 0 Å². The van der Waals surface area contributed by atoms with Crippen LogP contribution in [-0.2, 0) is 12.8 Å². The molecule has 0 saturated carbocycles. The lowest BCUT2D eigenvalue weighted by atomic mass is 10.0. The van der Waals surface area contributed by atoms with Crippen molar-refractivity contribution in [2.45, 2.75) is 45.6 Å². The predicted octanol–water partition coefficient (Wildman–Crippen LogP) is 2.87. The Kier molecular flexibility index (Phi) is 5.87. The van der Waals surface area contributed by atoms with E-state index >= 15 is 0 Å². The summed E-state index contributed by atoms with van der Waals surface area (Å²) in [5, 5.41) is 3.45. The van der Waals surface area contributed by atoms with E-state index in [4.69, 9.17) is 0 Å². The van der Waals surface area contributed by atoms with Crippen molar-refractivity contribution in [3.05, 3.63) is 35.4 Å². The summed E-state index contributed by atoms with van der Waals surface area (Å²) in [6, 6.07) is 9.94. The molecule has 0 bridgehead atoms. The molecule has 0 radical (unpaired) electrons. The highest BCUT2D eigenvalue weighted by Gasteiger charge is 2.16. The van der Waals surface area contributed by atoms with E-state index in [2.05, 4.69) is 48.3 Å². The zero-order chi connectivity index (χ0) is 13.5. The molecule has 0 aliphatic carbocycles. The molecule has 1 unspecified atom stereocenters. The third-order valence-corrected chi connectivity index (χ3v) is 4.17. The lowest BCUT2D eigenvalue weighted by Gasteiger charge is -2.33. The Morgan fingerprint density at radius 3 is 2.47 bits per heavy atom. The van der Waals surface area contributed by atoms with E-state index in [1.807, 2.05) is 0 Å². The van der Waals surface area contributed by atoms with Crippen molar-refractivity contribution in [3.8, 4) is 0 Å².